The largest absolute Gasteiger partial charge is 0.545 e. The van der Waals surface area contributed by atoms with Gasteiger partial charge in [0.25, 0.3) is 0 Å². The van der Waals surface area contributed by atoms with E-state index >= 15 is 0 Å². The van der Waals surface area contributed by atoms with E-state index in [4.69, 9.17) is 0 Å². The number of carboxylic acid groups (broad SMARTS) is 1. The highest BCUT2D eigenvalue weighted by Crippen LogP contribution is 2.15. The fourth-order valence-electron chi connectivity index (χ4n) is 2.07. The fourth-order valence-corrected chi connectivity index (χ4v) is 2.67. The minimum atomic E-state index is -1.29. The minimum Gasteiger partial charge on any atom is -0.545 e. The van der Waals surface area contributed by atoms with Gasteiger partial charge in [-0.25, -0.2) is 9.67 Å². The number of carboxylic acids is 1. The van der Waals surface area contributed by atoms with Crippen LogP contribution in [0.4, 0.5) is 5.69 Å². The van der Waals surface area contributed by atoms with Crippen LogP contribution in [0, 0.1) is 0 Å². The van der Waals surface area contributed by atoms with Gasteiger partial charge in [0.05, 0.1) is 17.4 Å². The Bertz CT molecular complexity index is 896. The summed E-state index contributed by atoms with van der Waals surface area (Å²) in [6.07, 6.45) is 1.58. The van der Waals surface area contributed by atoms with Gasteiger partial charge < -0.3 is 15.2 Å². The Labute approximate surface area is 147 Å². The molecule has 1 N–H and O–H groups in total. The molecule has 3 rings (SSSR count). The molecule has 25 heavy (non-hydrogen) atoms. The summed E-state index contributed by atoms with van der Waals surface area (Å²) in [5, 5.41) is 18.2. The molecule has 0 fully saturated rings. The Morgan fingerprint density at radius 3 is 2.68 bits per heavy atom. The number of carbonyl (C=O) groups is 2. The van der Waals surface area contributed by atoms with Crippen molar-refractivity contribution in [2.24, 2.45) is 0 Å². The average Bonchev–Trinajstić information content (AvgIpc) is 3.10. The van der Waals surface area contributed by atoms with Crippen LogP contribution in [0.3, 0.4) is 0 Å². The van der Waals surface area contributed by atoms with Crippen LogP contribution in [-0.2, 0) is 4.79 Å². The minimum absolute atomic E-state index is 0.00808. The Hall–Kier alpha value is -3.13. The molecule has 0 bridgehead atoms. The second-order valence-corrected chi connectivity index (χ2v) is 5.95. The standard InChI is InChI=1S/C17H14N4O3S/c22-15(19-13-6-4-5-12(9-13)16(23)24)10-25-17-18-11-21(20-17)14-7-2-1-3-8-14/h1-9,11H,10H2,(H,19,22)(H,23,24)/p-1. The summed E-state index contributed by atoms with van der Waals surface area (Å²) in [6, 6.07) is 15.4. The number of hydrogen-bond acceptors (Lipinski definition) is 6. The van der Waals surface area contributed by atoms with E-state index in [1.54, 1.807) is 17.1 Å². The van der Waals surface area contributed by atoms with Gasteiger partial charge in [-0.2, -0.15) is 0 Å². The molecule has 0 aliphatic rings. The monoisotopic (exact) mass is 353 g/mol. The van der Waals surface area contributed by atoms with E-state index in [1.165, 1.54) is 30.0 Å². The lowest BCUT2D eigenvalue weighted by Gasteiger charge is -2.07. The van der Waals surface area contributed by atoms with Crippen molar-refractivity contribution in [2.75, 3.05) is 11.1 Å². The molecule has 0 spiro atoms. The van der Waals surface area contributed by atoms with E-state index in [1.807, 2.05) is 30.3 Å². The van der Waals surface area contributed by atoms with Crippen LogP contribution < -0.4 is 10.4 Å². The number of aromatic carboxylic acids is 1. The third-order valence-corrected chi connectivity index (χ3v) is 4.06. The first kappa shape index (κ1) is 16.7. The summed E-state index contributed by atoms with van der Waals surface area (Å²) in [4.78, 5) is 27.0. The van der Waals surface area contributed by atoms with Crippen LogP contribution in [0.1, 0.15) is 10.4 Å². The number of nitrogens with one attached hydrogen (secondary N) is 1. The molecule has 3 aromatic rings. The van der Waals surface area contributed by atoms with Gasteiger partial charge in [0.1, 0.15) is 6.33 Å². The molecule has 1 heterocycles. The smallest absolute Gasteiger partial charge is 0.234 e. The fraction of sp³-hybridized carbons (Fsp3) is 0.0588. The lowest BCUT2D eigenvalue weighted by atomic mass is 10.2. The van der Waals surface area contributed by atoms with E-state index in [9.17, 15) is 14.7 Å². The van der Waals surface area contributed by atoms with Gasteiger partial charge in [-0.3, -0.25) is 4.79 Å². The number of hydrogen-bond donors (Lipinski definition) is 1. The number of anilines is 1. The molecular weight excluding hydrogens is 340 g/mol. The molecule has 0 aliphatic heterocycles. The number of benzene rings is 2. The van der Waals surface area contributed by atoms with E-state index in [0.717, 1.165) is 5.69 Å². The van der Waals surface area contributed by atoms with E-state index in [-0.39, 0.29) is 17.2 Å². The molecule has 0 atom stereocenters. The van der Waals surface area contributed by atoms with Crippen LogP contribution >= 0.6 is 11.8 Å². The zero-order valence-corrected chi connectivity index (χ0v) is 13.8. The SMILES string of the molecule is O=C(CSc1ncn(-c2ccccc2)n1)Nc1cccc(C(=O)[O-])c1. The molecule has 0 saturated carbocycles. The predicted molar refractivity (Wildman–Crippen MR) is 91.5 cm³/mol. The van der Waals surface area contributed by atoms with Crippen LogP contribution in [0.5, 0.6) is 0 Å². The van der Waals surface area contributed by atoms with Gasteiger partial charge in [-0.05, 0) is 29.8 Å². The Morgan fingerprint density at radius 1 is 1.12 bits per heavy atom. The summed E-state index contributed by atoms with van der Waals surface area (Å²) in [5.74, 6) is -1.47. The Balaban J connectivity index is 1.57. The van der Waals surface area contributed by atoms with Crippen molar-refractivity contribution in [3.05, 3.63) is 66.5 Å². The number of thioether (sulfide) groups is 1. The van der Waals surface area contributed by atoms with Crippen LogP contribution in [0.2, 0.25) is 0 Å². The molecule has 0 unspecified atom stereocenters. The molecule has 1 amide bonds. The first-order valence-corrected chi connectivity index (χ1v) is 8.31. The van der Waals surface area contributed by atoms with Gasteiger partial charge in [0, 0.05) is 5.69 Å². The number of rotatable bonds is 6. The molecule has 7 nitrogen and oxygen atoms in total. The molecule has 1 aromatic heterocycles. The highest BCUT2D eigenvalue weighted by Gasteiger charge is 2.08. The number of amides is 1. The summed E-state index contributed by atoms with van der Waals surface area (Å²) < 4.78 is 1.63. The van der Waals surface area contributed by atoms with Gasteiger partial charge in [-0.1, -0.05) is 42.1 Å². The lowest BCUT2D eigenvalue weighted by molar-refractivity contribution is -0.255. The summed E-state index contributed by atoms with van der Waals surface area (Å²) in [6.45, 7) is 0. The zero-order valence-electron chi connectivity index (χ0n) is 13.0. The molecular formula is C17H13N4O3S-. The molecule has 2 aromatic carbocycles. The first-order chi connectivity index (χ1) is 12.1. The molecule has 126 valence electrons. The number of aromatic nitrogens is 3. The van der Waals surface area contributed by atoms with E-state index in [2.05, 4.69) is 15.4 Å². The molecule has 0 radical (unpaired) electrons. The van der Waals surface area contributed by atoms with Crippen molar-refractivity contribution in [3.63, 3.8) is 0 Å². The average molecular weight is 353 g/mol. The molecule has 8 heteroatoms. The maximum Gasteiger partial charge on any atom is 0.234 e. The lowest BCUT2D eigenvalue weighted by Crippen LogP contribution is -2.22. The Kier molecular flexibility index (Phi) is 5.10. The van der Waals surface area contributed by atoms with Crippen LogP contribution in [0.25, 0.3) is 5.69 Å². The van der Waals surface area contributed by atoms with Crippen molar-refractivity contribution in [3.8, 4) is 5.69 Å². The highest BCUT2D eigenvalue weighted by atomic mass is 32.2. The maximum atomic E-state index is 12.0. The zero-order chi connectivity index (χ0) is 17.6. The second-order valence-electron chi connectivity index (χ2n) is 5.01. The Morgan fingerprint density at radius 2 is 1.92 bits per heavy atom. The number of nitrogens with zero attached hydrogens (tertiary/aromatic N) is 3. The van der Waals surface area contributed by atoms with Crippen molar-refractivity contribution in [1.82, 2.24) is 14.8 Å². The summed E-state index contributed by atoms with van der Waals surface area (Å²) >= 11 is 1.19. The molecule has 0 saturated heterocycles. The highest BCUT2D eigenvalue weighted by molar-refractivity contribution is 7.99. The topological polar surface area (TPSA) is 99.9 Å². The van der Waals surface area contributed by atoms with E-state index in [0.29, 0.717) is 10.8 Å². The van der Waals surface area contributed by atoms with E-state index < -0.39 is 5.97 Å². The predicted octanol–water partition coefficient (Wildman–Crippen LogP) is 1.36. The van der Waals surface area contributed by atoms with Gasteiger partial charge in [0.2, 0.25) is 11.1 Å². The first-order valence-electron chi connectivity index (χ1n) is 7.33. The van der Waals surface area contributed by atoms with Gasteiger partial charge in [0.15, 0.2) is 0 Å². The molecule has 0 aliphatic carbocycles. The third-order valence-electron chi connectivity index (χ3n) is 3.21. The van der Waals surface area contributed by atoms with Crippen molar-refractivity contribution >= 4 is 29.3 Å². The van der Waals surface area contributed by atoms with Gasteiger partial charge in [-0.15, -0.1) is 5.10 Å². The van der Waals surface area contributed by atoms with Crippen LogP contribution in [0.15, 0.2) is 66.1 Å². The van der Waals surface area contributed by atoms with Crippen molar-refractivity contribution < 1.29 is 14.7 Å². The third kappa shape index (κ3) is 4.45. The van der Waals surface area contributed by atoms with Crippen LogP contribution in [-0.4, -0.2) is 32.4 Å². The number of carbonyl (C=O) groups excluding carboxylic acids is 2. The second kappa shape index (κ2) is 7.63. The van der Waals surface area contributed by atoms with Crippen molar-refractivity contribution in [2.45, 2.75) is 5.16 Å². The quantitative estimate of drug-likeness (QED) is 0.672. The summed E-state index contributed by atoms with van der Waals surface area (Å²) in [5.41, 5.74) is 1.29. The number of para-hydroxylation sites is 1. The summed E-state index contributed by atoms with van der Waals surface area (Å²) in [7, 11) is 0. The van der Waals surface area contributed by atoms with Gasteiger partial charge >= 0.3 is 0 Å². The maximum absolute atomic E-state index is 12.0. The van der Waals surface area contributed by atoms with Crippen molar-refractivity contribution in [1.29, 1.82) is 0 Å². The normalized spacial score (nSPS) is 10.4.